The Morgan fingerprint density at radius 2 is 2.00 bits per heavy atom. The number of benzene rings is 1. The molecule has 0 fully saturated rings. The van der Waals surface area contributed by atoms with Crippen LogP contribution in [0, 0.1) is 34.1 Å². The third kappa shape index (κ3) is 2.82. The summed E-state index contributed by atoms with van der Waals surface area (Å²) in [4.78, 5) is 2.19. The van der Waals surface area contributed by atoms with Gasteiger partial charge in [-0.15, -0.1) is 11.3 Å². The lowest BCUT2D eigenvalue weighted by molar-refractivity contribution is 0.219. The summed E-state index contributed by atoms with van der Waals surface area (Å²) >= 11 is 1.62. The standard InChI is InChI=1S/C16H19NOS/c1-9-5-6-13(16(17)11(9)3)8-14(18)15-7-10(2)12(4)19-15/h5-8,14,18H,1,17H2,2-4H3. The average molecular weight is 273 g/mol. The van der Waals surface area contributed by atoms with Crippen molar-refractivity contribution >= 4 is 17.0 Å². The fraction of sp³-hybridized carbons (Fsp3) is 0.250. The van der Waals surface area contributed by atoms with Gasteiger partial charge in [-0.3, -0.25) is 0 Å². The van der Waals surface area contributed by atoms with E-state index in [2.05, 4.69) is 20.8 Å². The van der Waals surface area contributed by atoms with Gasteiger partial charge in [0.25, 0.3) is 0 Å². The van der Waals surface area contributed by atoms with Gasteiger partial charge in [-0.1, -0.05) is 12.1 Å². The molecule has 0 aliphatic carbocycles. The molecule has 3 heteroatoms. The monoisotopic (exact) mass is 273 g/mol. The maximum Gasteiger partial charge on any atom is 0.0958 e. The van der Waals surface area contributed by atoms with E-state index in [0.717, 1.165) is 21.6 Å². The Hall–Kier alpha value is -1.32. The summed E-state index contributed by atoms with van der Waals surface area (Å²) < 4.78 is 0. The van der Waals surface area contributed by atoms with Crippen molar-refractivity contribution in [3.8, 4) is 0 Å². The van der Waals surface area contributed by atoms with Crippen LogP contribution < -0.4 is 5.73 Å². The normalized spacial score (nSPS) is 12.7. The minimum Gasteiger partial charge on any atom is -0.398 e. The number of aliphatic hydroxyl groups excluding tert-OH is 1. The van der Waals surface area contributed by atoms with Crippen molar-refractivity contribution in [1.82, 2.24) is 0 Å². The lowest BCUT2D eigenvalue weighted by Gasteiger charge is -2.13. The van der Waals surface area contributed by atoms with Gasteiger partial charge in [0.2, 0.25) is 0 Å². The first-order chi connectivity index (χ1) is 8.90. The van der Waals surface area contributed by atoms with Crippen LogP contribution in [0.25, 0.3) is 0 Å². The molecule has 2 radical (unpaired) electrons. The predicted molar refractivity (Wildman–Crippen MR) is 82.2 cm³/mol. The fourth-order valence-electron chi connectivity index (χ4n) is 1.94. The summed E-state index contributed by atoms with van der Waals surface area (Å²) in [6, 6.07) is 5.86. The van der Waals surface area contributed by atoms with Crippen LogP contribution in [0.5, 0.6) is 0 Å². The molecule has 0 bridgehead atoms. The molecule has 1 unspecified atom stereocenters. The van der Waals surface area contributed by atoms with Crippen molar-refractivity contribution in [2.75, 3.05) is 5.73 Å². The molecule has 2 aromatic rings. The van der Waals surface area contributed by atoms with Crippen LogP contribution in [0.1, 0.15) is 38.1 Å². The zero-order valence-corrected chi connectivity index (χ0v) is 12.3. The van der Waals surface area contributed by atoms with Crippen molar-refractivity contribution in [1.29, 1.82) is 0 Å². The minimum atomic E-state index is -0.616. The van der Waals surface area contributed by atoms with E-state index in [1.54, 1.807) is 17.8 Å². The zero-order chi connectivity index (χ0) is 14.2. The van der Waals surface area contributed by atoms with Gasteiger partial charge in [0.05, 0.1) is 6.10 Å². The van der Waals surface area contributed by atoms with Crippen LogP contribution in [0.3, 0.4) is 0 Å². The number of aliphatic hydroxyl groups is 1. The van der Waals surface area contributed by atoms with Gasteiger partial charge in [-0.2, -0.15) is 0 Å². The highest BCUT2D eigenvalue weighted by atomic mass is 32.1. The quantitative estimate of drug-likeness (QED) is 0.837. The highest BCUT2D eigenvalue weighted by Gasteiger charge is 2.15. The third-order valence-electron chi connectivity index (χ3n) is 3.47. The van der Waals surface area contributed by atoms with Gasteiger partial charge in [-0.25, -0.2) is 0 Å². The predicted octanol–water partition coefficient (Wildman–Crippen LogP) is 3.72. The minimum absolute atomic E-state index is 0.616. The molecule has 0 aliphatic rings. The number of aryl methyl sites for hydroxylation is 2. The lowest BCUT2D eigenvalue weighted by Crippen LogP contribution is -2.03. The van der Waals surface area contributed by atoms with E-state index in [0.29, 0.717) is 5.69 Å². The van der Waals surface area contributed by atoms with Crippen LogP contribution in [-0.2, 0) is 0 Å². The van der Waals surface area contributed by atoms with Crippen molar-refractivity contribution in [2.24, 2.45) is 0 Å². The molecule has 1 aromatic carbocycles. The zero-order valence-electron chi connectivity index (χ0n) is 11.5. The van der Waals surface area contributed by atoms with E-state index in [1.165, 1.54) is 10.4 Å². The number of thiophene rings is 1. The molecule has 2 rings (SSSR count). The molecule has 19 heavy (non-hydrogen) atoms. The molecular formula is C16H19NOS. The van der Waals surface area contributed by atoms with Crippen LogP contribution in [-0.4, -0.2) is 5.11 Å². The Labute approximate surface area is 118 Å². The first-order valence-corrected chi connectivity index (χ1v) is 7.02. The van der Waals surface area contributed by atoms with Crippen LogP contribution in [0.15, 0.2) is 18.2 Å². The van der Waals surface area contributed by atoms with Crippen molar-refractivity contribution in [3.05, 3.63) is 63.6 Å². The van der Waals surface area contributed by atoms with E-state index in [9.17, 15) is 5.11 Å². The van der Waals surface area contributed by atoms with Crippen LogP contribution in [0.4, 0.5) is 5.69 Å². The Morgan fingerprint density at radius 1 is 1.32 bits per heavy atom. The summed E-state index contributed by atoms with van der Waals surface area (Å²) in [5.74, 6) is 0. The van der Waals surface area contributed by atoms with E-state index in [1.807, 2.05) is 25.1 Å². The summed E-state index contributed by atoms with van der Waals surface area (Å²) in [6.07, 6.45) is 1.18. The van der Waals surface area contributed by atoms with Gasteiger partial charge in [0.1, 0.15) is 0 Å². The number of rotatable bonds is 3. The largest absolute Gasteiger partial charge is 0.398 e. The number of anilines is 1. The Morgan fingerprint density at radius 3 is 2.58 bits per heavy atom. The maximum atomic E-state index is 10.3. The third-order valence-corrected chi connectivity index (χ3v) is 4.70. The maximum absolute atomic E-state index is 10.3. The van der Waals surface area contributed by atoms with E-state index >= 15 is 0 Å². The van der Waals surface area contributed by atoms with Crippen LogP contribution in [0.2, 0.25) is 0 Å². The molecule has 1 atom stereocenters. The molecule has 0 saturated heterocycles. The molecule has 1 heterocycles. The summed E-state index contributed by atoms with van der Waals surface area (Å²) in [5, 5.41) is 10.3. The Bertz CT molecular complexity index is 582. The first-order valence-electron chi connectivity index (χ1n) is 6.21. The van der Waals surface area contributed by atoms with Crippen molar-refractivity contribution in [2.45, 2.75) is 26.9 Å². The smallest absolute Gasteiger partial charge is 0.0958 e. The van der Waals surface area contributed by atoms with E-state index in [-0.39, 0.29) is 0 Å². The first kappa shape index (κ1) is 14.1. The highest BCUT2D eigenvalue weighted by molar-refractivity contribution is 7.12. The van der Waals surface area contributed by atoms with E-state index < -0.39 is 6.10 Å². The summed E-state index contributed by atoms with van der Waals surface area (Å²) in [6.45, 7) is 9.98. The molecule has 1 aromatic heterocycles. The second kappa shape index (κ2) is 5.35. The fourth-order valence-corrected chi connectivity index (χ4v) is 2.94. The van der Waals surface area contributed by atoms with Crippen LogP contribution >= 0.6 is 11.3 Å². The number of hydrogen-bond acceptors (Lipinski definition) is 3. The number of nitrogen functional groups attached to an aromatic ring is 1. The Balaban J connectivity index is 2.24. The van der Waals surface area contributed by atoms with Crippen molar-refractivity contribution in [3.63, 3.8) is 0 Å². The molecule has 0 amide bonds. The molecule has 3 N–H and O–H groups in total. The molecular weight excluding hydrogens is 254 g/mol. The number of hydrogen-bond donors (Lipinski definition) is 2. The summed E-state index contributed by atoms with van der Waals surface area (Å²) in [5.41, 5.74) is 10.7. The SMILES string of the molecule is [CH2]c1ccc([CH]C(O)c2cc(C)c(C)s2)c(N)c1C. The topological polar surface area (TPSA) is 46.2 Å². The van der Waals surface area contributed by atoms with Gasteiger partial charge >= 0.3 is 0 Å². The molecule has 0 spiro atoms. The Kier molecular flexibility index (Phi) is 3.97. The van der Waals surface area contributed by atoms with Crippen molar-refractivity contribution < 1.29 is 5.11 Å². The number of nitrogens with two attached hydrogens (primary N) is 1. The van der Waals surface area contributed by atoms with Gasteiger partial charge in [0.15, 0.2) is 0 Å². The second-order valence-corrected chi connectivity index (χ2v) is 6.14. The van der Waals surface area contributed by atoms with E-state index in [4.69, 9.17) is 5.73 Å². The van der Waals surface area contributed by atoms with Gasteiger partial charge in [0, 0.05) is 21.9 Å². The second-order valence-electron chi connectivity index (χ2n) is 4.85. The molecule has 2 nitrogen and oxygen atoms in total. The van der Waals surface area contributed by atoms with Gasteiger partial charge < -0.3 is 10.8 Å². The van der Waals surface area contributed by atoms with Gasteiger partial charge in [-0.05, 0) is 56.0 Å². The molecule has 0 saturated carbocycles. The molecule has 100 valence electrons. The highest BCUT2D eigenvalue weighted by Crippen LogP contribution is 2.32. The molecule has 0 aliphatic heterocycles. The average Bonchev–Trinajstić information content (AvgIpc) is 2.70. The summed E-state index contributed by atoms with van der Waals surface area (Å²) in [7, 11) is 0. The lowest BCUT2D eigenvalue weighted by atomic mass is 9.98.